The number of hydrogen-bond donors (Lipinski definition) is 1. The minimum absolute atomic E-state index is 0.0769. The molecule has 0 spiro atoms. The second kappa shape index (κ2) is 5.02. The van der Waals surface area contributed by atoms with Crippen molar-refractivity contribution in [2.45, 2.75) is 36.9 Å². The lowest BCUT2D eigenvalue weighted by Crippen LogP contribution is -2.32. The van der Waals surface area contributed by atoms with Crippen molar-refractivity contribution >= 4 is 9.84 Å². The second-order valence-corrected chi connectivity index (χ2v) is 7.60. The smallest absolute Gasteiger partial charge is 0.151 e. The molecular weight excluding hydrogens is 246 g/mol. The molecular formula is C14H21NO2S. The molecule has 0 heterocycles. The van der Waals surface area contributed by atoms with E-state index >= 15 is 0 Å². The van der Waals surface area contributed by atoms with Gasteiger partial charge in [-0.1, -0.05) is 37.1 Å². The minimum Gasteiger partial charge on any atom is -0.330 e. The fraction of sp³-hybridized carbons (Fsp3) is 0.571. The number of sulfone groups is 1. The fourth-order valence-electron chi connectivity index (χ4n) is 2.96. The van der Waals surface area contributed by atoms with Crippen molar-refractivity contribution in [3.8, 4) is 0 Å². The molecule has 1 saturated carbocycles. The van der Waals surface area contributed by atoms with E-state index in [-0.39, 0.29) is 11.2 Å². The summed E-state index contributed by atoms with van der Waals surface area (Å²) in [6.07, 6.45) is 5.94. The first kappa shape index (κ1) is 13.6. The van der Waals surface area contributed by atoms with Gasteiger partial charge in [-0.15, -0.1) is 0 Å². The number of rotatable bonds is 4. The maximum absolute atomic E-state index is 11.4. The Hall–Kier alpha value is -0.870. The highest BCUT2D eigenvalue weighted by atomic mass is 32.2. The Bertz CT molecular complexity index is 516. The van der Waals surface area contributed by atoms with Crippen molar-refractivity contribution in [3.63, 3.8) is 0 Å². The number of hydrogen-bond acceptors (Lipinski definition) is 3. The molecule has 3 nitrogen and oxygen atoms in total. The highest BCUT2D eigenvalue weighted by Crippen LogP contribution is 2.40. The molecule has 4 heteroatoms. The summed E-state index contributed by atoms with van der Waals surface area (Å²) < 4.78 is 22.7. The lowest BCUT2D eigenvalue weighted by Gasteiger charge is -2.28. The molecule has 1 aliphatic carbocycles. The topological polar surface area (TPSA) is 60.2 Å². The fourth-order valence-corrected chi connectivity index (χ4v) is 3.74. The predicted molar refractivity (Wildman–Crippen MR) is 74.2 cm³/mol. The Morgan fingerprint density at radius 1 is 1.28 bits per heavy atom. The van der Waals surface area contributed by atoms with Crippen LogP contribution in [0.5, 0.6) is 0 Å². The van der Waals surface area contributed by atoms with Crippen molar-refractivity contribution in [2.75, 3.05) is 12.8 Å². The standard InChI is InChI=1S/C14H21NO2S/c1-18(16,17)10-12-5-4-6-13(9-12)14(11-15)7-2-3-8-14/h4-6,9H,2-3,7-8,10-11,15H2,1H3. The lowest BCUT2D eigenvalue weighted by molar-refractivity contribution is 0.453. The third-order valence-electron chi connectivity index (χ3n) is 3.92. The van der Waals surface area contributed by atoms with Crippen LogP contribution in [0.3, 0.4) is 0 Å². The molecule has 0 radical (unpaired) electrons. The summed E-state index contributed by atoms with van der Waals surface area (Å²) in [5, 5.41) is 0. The van der Waals surface area contributed by atoms with Gasteiger partial charge in [0.15, 0.2) is 9.84 Å². The number of benzene rings is 1. The molecule has 0 atom stereocenters. The summed E-state index contributed by atoms with van der Waals surface area (Å²) in [4.78, 5) is 0. The average molecular weight is 267 g/mol. The Morgan fingerprint density at radius 2 is 1.94 bits per heavy atom. The molecule has 0 aliphatic heterocycles. The summed E-state index contributed by atoms with van der Waals surface area (Å²) in [6.45, 7) is 0.648. The molecule has 0 saturated heterocycles. The van der Waals surface area contributed by atoms with Gasteiger partial charge in [-0.05, 0) is 24.0 Å². The van der Waals surface area contributed by atoms with Gasteiger partial charge < -0.3 is 5.73 Å². The molecule has 1 aromatic rings. The Kier molecular flexibility index (Phi) is 3.78. The van der Waals surface area contributed by atoms with E-state index in [4.69, 9.17) is 5.73 Å². The van der Waals surface area contributed by atoms with Crippen molar-refractivity contribution in [1.82, 2.24) is 0 Å². The van der Waals surface area contributed by atoms with E-state index in [1.807, 2.05) is 18.2 Å². The van der Waals surface area contributed by atoms with Gasteiger partial charge in [-0.25, -0.2) is 8.42 Å². The molecule has 100 valence electrons. The van der Waals surface area contributed by atoms with E-state index in [2.05, 4.69) is 6.07 Å². The Morgan fingerprint density at radius 3 is 2.50 bits per heavy atom. The van der Waals surface area contributed by atoms with Crippen molar-refractivity contribution < 1.29 is 8.42 Å². The minimum atomic E-state index is -2.98. The van der Waals surface area contributed by atoms with Gasteiger partial charge in [-0.2, -0.15) is 0 Å². The highest BCUT2D eigenvalue weighted by Gasteiger charge is 2.34. The van der Waals surface area contributed by atoms with Gasteiger partial charge in [0.25, 0.3) is 0 Å². The SMILES string of the molecule is CS(=O)(=O)Cc1cccc(C2(CN)CCCC2)c1. The van der Waals surface area contributed by atoms with E-state index in [9.17, 15) is 8.42 Å². The van der Waals surface area contributed by atoms with E-state index < -0.39 is 9.84 Å². The maximum Gasteiger partial charge on any atom is 0.151 e. The van der Waals surface area contributed by atoms with Crippen LogP contribution in [0.4, 0.5) is 0 Å². The van der Waals surface area contributed by atoms with Gasteiger partial charge in [0.05, 0.1) is 5.75 Å². The Balaban J connectivity index is 2.32. The molecule has 18 heavy (non-hydrogen) atoms. The van der Waals surface area contributed by atoms with E-state index in [1.165, 1.54) is 24.7 Å². The van der Waals surface area contributed by atoms with Crippen LogP contribution < -0.4 is 5.73 Å². The van der Waals surface area contributed by atoms with Crippen molar-refractivity contribution in [2.24, 2.45) is 5.73 Å². The summed E-state index contributed by atoms with van der Waals surface area (Å²) >= 11 is 0. The van der Waals surface area contributed by atoms with Gasteiger partial charge in [0.2, 0.25) is 0 Å². The highest BCUT2D eigenvalue weighted by molar-refractivity contribution is 7.89. The van der Waals surface area contributed by atoms with Gasteiger partial charge in [0, 0.05) is 18.2 Å². The second-order valence-electron chi connectivity index (χ2n) is 5.46. The van der Waals surface area contributed by atoms with Crippen LogP contribution >= 0.6 is 0 Å². The van der Waals surface area contributed by atoms with Crippen LogP contribution in [0, 0.1) is 0 Å². The molecule has 1 aliphatic rings. The first-order valence-electron chi connectivity index (χ1n) is 6.42. The lowest BCUT2D eigenvalue weighted by atomic mass is 9.78. The number of nitrogens with two attached hydrogens (primary N) is 1. The van der Waals surface area contributed by atoms with Crippen molar-refractivity contribution in [1.29, 1.82) is 0 Å². The third-order valence-corrected chi connectivity index (χ3v) is 4.78. The molecule has 0 unspecified atom stereocenters. The monoisotopic (exact) mass is 267 g/mol. The van der Waals surface area contributed by atoms with Crippen LogP contribution in [-0.4, -0.2) is 21.2 Å². The van der Waals surface area contributed by atoms with Crippen LogP contribution in [0.2, 0.25) is 0 Å². The summed E-state index contributed by atoms with van der Waals surface area (Å²) in [6, 6.07) is 7.94. The van der Waals surface area contributed by atoms with Crippen LogP contribution in [0.1, 0.15) is 36.8 Å². The maximum atomic E-state index is 11.4. The summed E-state index contributed by atoms with van der Waals surface area (Å²) in [5.41, 5.74) is 8.12. The molecule has 1 aromatic carbocycles. The van der Waals surface area contributed by atoms with Gasteiger partial charge >= 0.3 is 0 Å². The van der Waals surface area contributed by atoms with Crippen LogP contribution in [0.15, 0.2) is 24.3 Å². The van der Waals surface area contributed by atoms with Crippen LogP contribution in [-0.2, 0) is 21.0 Å². The van der Waals surface area contributed by atoms with Gasteiger partial charge in [0.1, 0.15) is 0 Å². The zero-order valence-electron chi connectivity index (χ0n) is 10.9. The average Bonchev–Trinajstić information content (AvgIpc) is 2.77. The van der Waals surface area contributed by atoms with Crippen molar-refractivity contribution in [3.05, 3.63) is 35.4 Å². The van der Waals surface area contributed by atoms with Crippen LogP contribution in [0.25, 0.3) is 0 Å². The molecule has 2 N–H and O–H groups in total. The largest absolute Gasteiger partial charge is 0.330 e. The Labute approximate surface area is 109 Å². The van der Waals surface area contributed by atoms with E-state index in [1.54, 1.807) is 0 Å². The zero-order valence-corrected chi connectivity index (χ0v) is 11.7. The zero-order chi connectivity index (χ0) is 13.2. The molecule has 0 aromatic heterocycles. The predicted octanol–water partition coefficient (Wildman–Crippen LogP) is 2.00. The van der Waals surface area contributed by atoms with E-state index in [0.717, 1.165) is 18.4 Å². The molecule has 0 amide bonds. The quantitative estimate of drug-likeness (QED) is 0.907. The third kappa shape index (κ3) is 2.93. The normalized spacial score (nSPS) is 19.0. The summed E-state index contributed by atoms with van der Waals surface area (Å²) in [7, 11) is -2.98. The first-order chi connectivity index (χ1) is 8.45. The van der Waals surface area contributed by atoms with Gasteiger partial charge in [-0.3, -0.25) is 0 Å². The summed E-state index contributed by atoms with van der Waals surface area (Å²) in [5.74, 6) is 0.113. The molecule has 1 fully saturated rings. The molecule has 2 rings (SSSR count). The first-order valence-corrected chi connectivity index (χ1v) is 8.48. The molecule has 0 bridgehead atoms. The van der Waals surface area contributed by atoms with E-state index in [0.29, 0.717) is 6.54 Å².